The van der Waals surface area contributed by atoms with Crippen molar-refractivity contribution in [3.05, 3.63) is 64.4 Å². The minimum absolute atomic E-state index is 0.101. The number of fused-ring (bicyclic) bond motifs is 1. The fraction of sp³-hybridized carbons (Fsp3) is 0.211. The molecule has 112 valence electrons. The molecule has 0 fully saturated rings. The van der Waals surface area contributed by atoms with Crippen LogP contribution >= 0.6 is 0 Å². The molecule has 0 spiro atoms. The highest BCUT2D eigenvalue weighted by molar-refractivity contribution is 5.95. The van der Waals surface area contributed by atoms with Gasteiger partial charge in [0.05, 0.1) is 11.6 Å². The third-order valence-electron chi connectivity index (χ3n) is 3.62. The third-order valence-corrected chi connectivity index (χ3v) is 3.62. The van der Waals surface area contributed by atoms with Crippen LogP contribution in [0.4, 0.5) is 0 Å². The molecule has 0 saturated carbocycles. The largest absolute Gasteiger partial charge is 0.491 e. The van der Waals surface area contributed by atoms with Crippen LogP contribution in [0.1, 0.15) is 19.4 Å². The van der Waals surface area contributed by atoms with Gasteiger partial charge in [-0.2, -0.15) is 0 Å². The van der Waals surface area contributed by atoms with Gasteiger partial charge in [-0.1, -0.05) is 24.3 Å². The van der Waals surface area contributed by atoms with Gasteiger partial charge in [-0.25, -0.2) is 0 Å². The summed E-state index contributed by atoms with van der Waals surface area (Å²) in [6.45, 7) is 6.02. The molecule has 0 amide bonds. The van der Waals surface area contributed by atoms with Crippen molar-refractivity contribution >= 4 is 10.9 Å². The van der Waals surface area contributed by atoms with Gasteiger partial charge in [-0.15, -0.1) is 0 Å². The maximum absolute atomic E-state index is 12.0. The lowest BCUT2D eigenvalue weighted by atomic mass is 9.97. The van der Waals surface area contributed by atoms with Crippen LogP contribution in [0.3, 0.4) is 0 Å². The first-order valence-corrected chi connectivity index (χ1v) is 7.44. The molecule has 0 aliphatic heterocycles. The zero-order chi connectivity index (χ0) is 15.7. The number of rotatable bonds is 3. The van der Waals surface area contributed by atoms with E-state index in [0.29, 0.717) is 0 Å². The molecule has 0 radical (unpaired) electrons. The Morgan fingerprint density at radius 2 is 1.77 bits per heavy atom. The zero-order valence-corrected chi connectivity index (χ0v) is 13.0. The summed E-state index contributed by atoms with van der Waals surface area (Å²) in [5.41, 5.74) is 3.87. The lowest BCUT2D eigenvalue weighted by molar-refractivity contribution is 0.242. The zero-order valence-electron chi connectivity index (χ0n) is 13.0. The van der Waals surface area contributed by atoms with Crippen molar-refractivity contribution in [2.75, 3.05) is 0 Å². The van der Waals surface area contributed by atoms with Gasteiger partial charge < -0.3 is 9.72 Å². The number of hydrogen-bond acceptors (Lipinski definition) is 2. The van der Waals surface area contributed by atoms with Crippen LogP contribution in [0.15, 0.2) is 53.3 Å². The topological polar surface area (TPSA) is 42.1 Å². The van der Waals surface area contributed by atoms with Gasteiger partial charge in [-0.3, -0.25) is 4.79 Å². The molecule has 3 nitrogen and oxygen atoms in total. The highest BCUT2D eigenvalue weighted by atomic mass is 16.5. The number of H-pyrrole nitrogens is 1. The molecule has 0 saturated heterocycles. The van der Waals surface area contributed by atoms with E-state index in [0.717, 1.165) is 33.3 Å². The first-order valence-electron chi connectivity index (χ1n) is 7.44. The summed E-state index contributed by atoms with van der Waals surface area (Å²) in [6, 6.07) is 15.6. The Morgan fingerprint density at radius 3 is 2.50 bits per heavy atom. The highest BCUT2D eigenvalue weighted by Gasteiger charge is 2.09. The Morgan fingerprint density at radius 1 is 1.00 bits per heavy atom. The maximum atomic E-state index is 12.0. The average molecular weight is 293 g/mol. The van der Waals surface area contributed by atoms with Crippen molar-refractivity contribution < 1.29 is 4.74 Å². The molecule has 1 aromatic heterocycles. The maximum Gasteiger partial charge on any atom is 0.249 e. The van der Waals surface area contributed by atoms with Gasteiger partial charge in [-0.05, 0) is 49.6 Å². The van der Waals surface area contributed by atoms with Crippen molar-refractivity contribution in [1.82, 2.24) is 4.98 Å². The Labute approximate surface area is 129 Å². The van der Waals surface area contributed by atoms with E-state index in [-0.39, 0.29) is 11.7 Å². The molecule has 3 aromatic rings. The number of aromatic amines is 1. The molecule has 0 atom stereocenters. The molecule has 0 unspecified atom stereocenters. The molecule has 3 rings (SSSR count). The quantitative estimate of drug-likeness (QED) is 0.782. The predicted molar refractivity (Wildman–Crippen MR) is 90.5 cm³/mol. The van der Waals surface area contributed by atoms with Crippen LogP contribution in [-0.4, -0.2) is 11.1 Å². The lowest BCUT2D eigenvalue weighted by Gasteiger charge is -2.13. The second kappa shape index (κ2) is 5.68. The predicted octanol–water partition coefficient (Wildman–Crippen LogP) is 4.29. The number of benzene rings is 2. The standard InChI is InChI=1S/C19H19NO2/c1-12(2)22-14-8-9-16-17(11-19(21)20-18(16)10-14)15-7-5-4-6-13(15)3/h4-12H,1-3H3,(H,20,21). The molecule has 0 aliphatic carbocycles. The van der Waals surface area contributed by atoms with Crippen molar-refractivity contribution in [3.8, 4) is 16.9 Å². The number of hydrogen-bond donors (Lipinski definition) is 1. The van der Waals surface area contributed by atoms with E-state index in [1.807, 2.05) is 50.2 Å². The fourth-order valence-corrected chi connectivity index (χ4v) is 2.68. The Balaban J connectivity index is 2.23. The Kier molecular flexibility index (Phi) is 3.72. The fourth-order valence-electron chi connectivity index (χ4n) is 2.68. The smallest absolute Gasteiger partial charge is 0.249 e. The SMILES string of the molecule is Cc1ccccc1-c1cc(=O)[nH]c2cc(OC(C)C)ccc12. The number of aryl methyl sites for hydroxylation is 1. The molecule has 1 heterocycles. The van der Waals surface area contributed by atoms with Gasteiger partial charge in [0.15, 0.2) is 0 Å². The summed E-state index contributed by atoms with van der Waals surface area (Å²) in [6.07, 6.45) is 0.101. The average Bonchev–Trinajstić information content (AvgIpc) is 2.46. The van der Waals surface area contributed by atoms with Crippen LogP contribution in [-0.2, 0) is 0 Å². The minimum Gasteiger partial charge on any atom is -0.491 e. The molecule has 2 aromatic carbocycles. The van der Waals surface area contributed by atoms with E-state index < -0.39 is 0 Å². The van der Waals surface area contributed by atoms with Gasteiger partial charge in [0.25, 0.3) is 0 Å². The summed E-state index contributed by atoms with van der Waals surface area (Å²) < 4.78 is 5.71. The van der Waals surface area contributed by atoms with Crippen molar-refractivity contribution in [2.45, 2.75) is 26.9 Å². The van der Waals surface area contributed by atoms with Crippen molar-refractivity contribution in [2.24, 2.45) is 0 Å². The van der Waals surface area contributed by atoms with Crippen LogP contribution in [0.25, 0.3) is 22.0 Å². The van der Waals surface area contributed by atoms with Crippen LogP contribution < -0.4 is 10.3 Å². The van der Waals surface area contributed by atoms with Crippen LogP contribution in [0.2, 0.25) is 0 Å². The summed E-state index contributed by atoms with van der Waals surface area (Å²) in [4.78, 5) is 14.9. The number of nitrogens with one attached hydrogen (secondary N) is 1. The van der Waals surface area contributed by atoms with Crippen LogP contribution in [0.5, 0.6) is 5.75 Å². The van der Waals surface area contributed by atoms with Gasteiger partial charge in [0.2, 0.25) is 5.56 Å². The summed E-state index contributed by atoms with van der Waals surface area (Å²) in [7, 11) is 0. The summed E-state index contributed by atoms with van der Waals surface area (Å²) in [5.74, 6) is 0.764. The van der Waals surface area contributed by atoms with Gasteiger partial charge in [0.1, 0.15) is 5.75 Å². The Bertz CT molecular complexity index is 878. The van der Waals surface area contributed by atoms with E-state index >= 15 is 0 Å². The number of aromatic nitrogens is 1. The normalized spacial score (nSPS) is 11.1. The first kappa shape index (κ1) is 14.4. The molecular formula is C19H19NO2. The minimum atomic E-state index is -0.104. The molecule has 1 N–H and O–H groups in total. The molecule has 22 heavy (non-hydrogen) atoms. The third kappa shape index (κ3) is 2.75. The second-order valence-electron chi connectivity index (χ2n) is 5.74. The molecule has 3 heteroatoms. The number of ether oxygens (including phenoxy) is 1. The molecular weight excluding hydrogens is 274 g/mol. The van der Waals surface area contributed by atoms with Gasteiger partial charge in [0, 0.05) is 17.5 Å². The van der Waals surface area contributed by atoms with E-state index in [1.165, 1.54) is 0 Å². The molecule has 0 bridgehead atoms. The number of pyridine rings is 1. The van der Waals surface area contributed by atoms with E-state index in [2.05, 4.69) is 18.0 Å². The van der Waals surface area contributed by atoms with Crippen molar-refractivity contribution in [3.63, 3.8) is 0 Å². The highest BCUT2D eigenvalue weighted by Crippen LogP contribution is 2.30. The van der Waals surface area contributed by atoms with Crippen LogP contribution in [0, 0.1) is 6.92 Å². The van der Waals surface area contributed by atoms with Gasteiger partial charge >= 0.3 is 0 Å². The monoisotopic (exact) mass is 293 g/mol. The van der Waals surface area contributed by atoms with E-state index in [9.17, 15) is 4.79 Å². The van der Waals surface area contributed by atoms with E-state index in [4.69, 9.17) is 4.74 Å². The second-order valence-corrected chi connectivity index (χ2v) is 5.74. The summed E-state index contributed by atoms with van der Waals surface area (Å²) in [5, 5.41) is 1.02. The van der Waals surface area contributed by atoms with E-state index in [1.54, 1.807) is 6.07 Å². The molecule has 0 aliphatic rings. The lowest BCUT2D eigenvalue weighted by Crippen LogP contribution is -2.07. The van der Waals surface area contributed by atoms with Crippen molar-refractivity contribution in [1.29, 1.82) is 0 Å². The first-order chi connectivity index (χ1) is 10.5. The Hall–Kier alpha value is -2.55. The summed E-state index contributed by atoms with van der Waals surface area (Å²) >= 11 is 0.